The van der Waals surface area contributed by atoms with E-state index >= 15 is 0 Å². The first kappa shape index (κ1) is 27.1. The lowest BCUT2D eigenvalue weighted by atomic mass is 10.1. The van der Waals surface area contributed by atoms with Crippen LogP contribution >= 0.6 is 0 Å². The van der Waals surface area contributed by atoms with Crippen molar-refractivity contribution >= 4 is 29.6 Å². The number of esters is 2. The van der Waals surface area contributed by atoms with Crippen LogP contribution in [0.1, 0.15) is 49.4 Å². The molecule has 1 aliphatic carbocycles. The van der Waals surface area contributed by atoms with Crippen LogP contribution in [0.5, 0.6) is 0 Å². The number of urea groups is 1. The Bertz CT molecular complexity index is 1140. The van der Waals surface area contributed by atoms with Gasteiger partial charge in [-0.3, -0.25) is 14.9 Å². The molecule has 0 spiro atoms. The molecule has 0 bridgehead atoms. The highest BCUT2D eigenvalue weighted by atomic mass is 16.6. The van der Waals surface area contributed by atoms with Crippen LogP contribution in [0, 0.1) is 16.0 Å². The zero-order valence-corrected chi connectivity index (χ0v) is 21.5. The fourth-order valence-electron chi connectivity index (χ4n) is 4.98. The van der Waals surface area contributed by atoms with E-state index in [0.29, 0.717) is 13.0 Å². The van der Waals surface area contributed by atoms with Gasteiger partial charge in [0, 0.05) is 38.1 Å². The largest absolute Gasteiger partial charge is 0.464 e. The molecule has 204 valence electrons. The standard InChI is InChI=1S/C26H32N4O8/c1-3-37-24(33)26-15-18(26)8-6-4-5-7-13-28(2)25(34)29-16-20(14-21(29)22(31)27-26)38-23(32)17-9-11-19(12-10-17)30(35)36/h6,8-12,18,20-21H,3-5,7,13-16H2,1-2H3,(H,27,31)/b8-6+. The van der Waals surface area contributed by atoms with E-state index in [0.717, 1.165) is 19.3 Å². The highest BCUT2D eigenvalue weighted by Crippen LogP contribution is 2.46. The summed E-state index contributed by atoms with van der Waals surface area (Å²) in [5, 5.41) is 13.7. The first-order chi connectivity index (χ1) is 18.2. The summed E-state index contributed by atoms with van der Waals surface area (Å²) in [5.41, 5.74) is -1.22. The number of amides is 3. The van der Waals surface area contributed by atoms with Crippen molar-refractivity contribution in [3.05, 3.63) is 52.1 Å². The number of rotatable bonds is 5. The molecule has 12 heteroatoms. The van der Waals surface area contributed by atoms with Gasteiger partial charge in [-0.25, -0.2) is 14.4 Å². The fraction of sp³-hybridized carbons (Fsp3) is 0.538. The van der Waals surface area contributed by atoms with Gasteiger partial charge in [0.2, 0.25) is 5.91 Å². The first-order valence-electron chi connectivity index (χ1n) is 12.8. The molecule has 1 N–H and O–H groups in total. The van der Waals surface area contributed by atoms with Crippen molar-refractivity contribution in [3.63, 3.8) is 0 Å². The van der Waals surface area contributed by atoms with E-state index in [9.17, 15) is 29.3 Å². The van der Waals surface area contributed by atoms with Crippen molar-refractivity contribution < 1.29 is 33.6 Å². The summed E-state index contributed by atoms with van der Waals surface area (Å²) in [7, 11) is 1.66. The van der Waals surface area contributed by atoms with E-state index in [-0.39, 0.29) is 42.8 Å². The minimum Gasteiger partial charge on any atom is -0.464 e. The van der Waals surface area contributed by atoms with Crippen LogP contribution in [0.15, 0.2) is 36.4 Å². The minimum absolute atomic E-state index is 0.00425. The van der Waals surface area contributed by atoms with Gasteiger partial charge >= 0.3 is 18.0 Å². The van der Waals surface area contributed by atoms with Gasteiger partial charge < -0.3 is 24.6 Å². The molecule has 0 aromatic heterocycles. The molecule has 0 radical (unpaired) electrons. The maximum atomic E-state index is 13.5. The Kier molecular flexibility index (Phi) is 7.98. The van der Waals surface area contributed by atoms with E-state index in [1.165, 1.54) is 34.1 Å². The summed E-state index contributed by atoms with van der Waals surface area (Å²) in [6.45, 7) is 2.37. The lowest BCUT2D eigenvalue weighted by Crippen LogP contribution is -2.55. The van der Waals surface area contributed by atoms with Gasteiger partial charge in [0.25, 0.3) is 5.69 Å². The highest BCUT2D eigenvalue weighted by Gasteiger charge is 2.62. The van der Waals surface area contributed by atoms with Crippen LogP contribution in [0.3, 0.4) is 0 Å². The third-order valence-corrected chi connectivity index (χ3v) is 7.21. The minimum atomic E-state index is -1.18. The molecule has 2 aliphatic heterocycles. The Labute approximate surface area is 220 Å². The molecule has 3 amide bonds. The first-order valence-corrected chi connectivity index (χ1v) is 12.8. The van der Waals surface area contributed by atoms with Crippen molar-refractivity contribution in [2.75, 3.05) is 26.7 Å². The van der Waals surface area contributed by atoms with Crippen LogP contribution < -0.4 is 5.32 Å². The number of carbonyl (C=O) groups is 4. The smallest absolute Gasteiger partial charge is 0.338 e. The zero-order valence-electron chi connectivity index (χ0n) is 21.5. The van der Waals surface area contributed by atoms with E-state index in [4.69, 9.17) is 9.47 Å². The molecule has 1 saturated carbocycles. The van der Waals surface area contributed by atoms with Crippen LogP contribution in [0.25, 0.3) is 0 Å². The number of non-ortho nitro benzene ring substituents is 1. The Balaban J connectivity index is 1.54. The Morgan fingerprint density at radius 2 is 1.95 bits per heavy atom. The molecule has 1 aromatic carbocycles. The van der Waals surface area contributed by atoms with Crippen molar-refractivity contribution in [1.82, 2.24) is 15.1 Å². The molecule has 4 unspecified atom stereocenters. The van der Waals surface area contributed by atoms with E-state index < -0.39 is 40.5 Å². The lowest BCUT2D eigenvalue weighted by molar-refractivity contribution is -0.384. The quantitative estimate of drug-likeness (QED) is 0.265. The van der Waals surface area contributed by atoms with Gasteiger partial charge in [-0.2, -0.15) is 0 Å². The summed E-state index contributed by atoms with van der Waals surface area (Å²) < 4.78 is 10.9. The van der Waals surface area contributed by atoms with E-state index in [2.05, 4.69) is 5.32 Å². The molecule has 4 rings (SSSR count). The van der Waals surface area contributed by atoms with Gasteiger partial charge in [-0.1, -0.05) is 12.2 Å². The molecule has 1 saturated heterocycles. The predicted octanol–water partition coefficient (Wildman–Crippen LogP) is 2.42. The van der Waals surface area contributed by atoms with Crippen molar-refractivity contribution in [1.29, 1.82) is 0 Å². The molecule has 2 fully saturated rings. The normalized spacial score (nSPS) is 28.3. The van der Waals surface area contributed by atoms with Crippen LogP contribution in [-0.2, 0) is 19.1 Å². The van der Waals surface area contributed by atoms with E-state index in [1.54, 1.807) is 14.0 Å². The number of nitrogens with zero attached hydrogens (tertiary/aromatic N) is 3. The van der Waals surface area contributed by atoms with Gasteiger partial charge in [0.05, 0.1) is 23.6 Å². The summed E-state index contributed by atoms with van der Waals surface area (Å²) >= 11 is 0. The summed E-state index contributed by atoms with van der Waals surface area (Å²) in [6.07, 6.45) is 6.03. The number of nitrogens with one attached hydrogen (secondary N) is 1. The maximum Gasteiger partial charge on any atom is 0.338 e. The third-order valence-electron chi connectivity index (χ3n) is 7.21. The number of fused-ring (bicyclic) bond motifs is 2. The lowest BCUT2D eigenvalue weighted by Gasteiger charge is -2.30. The molecule has 2 heterocycles. The Morgan fingerprint density at radius 1 is 1.21 bits per heavy atom. The molecule has 1 aromatic rings. The van der Waals surface area contributed by atoms with Gasteiger partial charge in [-0.15, -0.1) is 0 Å². The number of ether oxygens (including phenoxy) is 2. The Morgan fingerprint density at radius 3 is 2.63 bits per heavy atom. The average molecular weight is 529 g/mol. The number of nitro benzene ring substituents is 1. The van der Waals surface area contributed by atoms with E-state index in [1.807, 2.05) is 12.2 Å². The predicted molar refractivity (Wildman–Crippen MR) is 134 cm³/mol. The molecule has 12 nitrogen and oxygen atoms in total. The van der Waals surface area contributed by atoms with Gasteiger partial charge in [-0.05, 0) is 44.7 Å². The second-order valence-corrected chi connectivity index (χ2v) is 9.85. The number of carbonyl (C=O) groups excluding carboxylic acids is 4. The van der Waals surface area contributed by atoms with Crippen LogP contribution in [0.4, 0.5) is 10.5 Å². The number of hydrogen-bond acceptors (Lipinski definition) is 8. The zero-order chi connectivity index (χ0) is 27.4. The molecule has 3 aliphatic rings. The fourth-order valence-corrected chi connectivity index (χ4v) is 4.98. The highest BCUT2D eigenvalue weighted by molar-refractivity contribution is 5.95. The third kappa shape index (κ3) is 5.63. The monoisotopic (exact) mass is 528 g/mol. The second kappa shape index (κ2) is 11.2. The number of allylic oxidation sites excluding steroid dienone is 1. The SMILES string of the molecule is CCOC(=O)C12CC1/C=C/CCCCN(C)C(=O)N1CC(OC(=O)c3ccc([N+](=O)[O-])cc3)CC1C(=O)N2. The maximum absolute atomic E-state index is 13.5. The molecular weight excluding hydrogens is 496 g/mol. The number of benzene rings is 1. The average Bonchev–Trinajstić information content (AvgIpc) is 3.42. The van der Waals surface area contributed by atoms with Crippen molar-refractivity contribution in [2.45, 2.75) is 56.7 Å². The molecular formula is C26H32N4O8. The van der Waals surface area contributed by atoms with Crippen molar-refractivity contribution in [2.24, 2.45) is 5.92 Å². The second-order valence-electron chi connectivity index (χ2n) is 9.85. The van der Waals surface area contributed by atoms with Gasteiger partial charge in [0.15, 0.2) is 0 Å². The number of hydrogen-bond donors (Lipinski definition) is 1. The molecule has 4 atom stereocenters. The summed E-state index contributed by atoms with van der Waals surface area (Å²) in [4.78, 5) is 65.6. The van der Waals surface area contributed by atoms with Crippen LogP contribution in [0.2, 0.25) is 0 Å². The molecule has 38 heavy (non-hydrogen) atoms. The number of nitro groups is 1. The summed E-state index contributed by atoms with van der Waals surface area (Å²) in [6, 6.07) is 3.66. The van der Waals surface area contributed by atoms with Crippen molar-refractivity contribution in [3.8, 4) is 0 Å². The summed E-state index contributed by atoms with van der Waals surface area (Å²) in [5.74, 6) is -1.93. The Hall–Kier alpha value is -3.96. The topological polar surface area (TPSA) is 148 Å². The van der Waals surface area contributed by atoms with Gasteiger partial charge in [0.1, 0.15) is 17.7 Å². The van der Waals surface area contributed by atoms with Crippen LogP contribution in [-0.4, -0.2) is 83.0 Å².